The van der Waals surface area contributed by atoms with Crippen LogP contribution in [0.5, 0.6) is 0 Å². The zero-order valence-electron chi connectivity index (χ0n) is 14.4. The molecule has 2 aliphatic heterocycles. The number of hydrogen-bond acceptors (Lipinski definition) is 4. The number of likely N-dealkylation sites (tertiary alicyclic amines) is 1. The third-order valence-corrected chi connectivity index (χ3v) is 6.79. The molecular weight excluding hydrogens is 320 g/mol. The van der Waals surface area contributed by atoms with Crippen molar-refractivity contribution in [3.63, 3.8) is 0 Å². The Morgan fingerprint density at radius 3 is 2.88 bits per heavy atom. The number of nitrogens with zero attached hydrogens (tertiary/aromatic N) is 3. The highest BCUT2D eigenvalue weighted by Gasteiger charge is 2.37. The van der Waals surface area contributed by atoms with Crippen LogP contribution in [0.25, 0.3) is 0 Å². The number of nitrogens with one attached hydrogen (secondary N) is 1. The van der Waals surface area contributed by atoms with E-state index < -0.39 is 0 Å². The second-order valence-electron chi connectivity index (χ2n) is 7.39. The highest BCUT2D eigenvalue weighted by atomic mass is 32.1. The lowest BCUT2D eigenvalue weighted by atomic mass is 9.85. The number of aromatic nitrogens is 1. The first kappa shape index (κ1) is 16.2. The predicted molar refractivity (Wildman–Crippen MR) is 97.7 cm³/mol. The number of thiazole rings is 1. The lowest BCUT2D eigenvalue weighted by Crippen LogP contribution is -2.45. The van der Waals surface area contributed by atoms with Gasteiger partial charge in [0.1, 0.15) is 0 Å². The molecular formula is C18H28N4OS. The number of carbonyl (C=O) groups excluding carboxylic acids is 1. The van der Waals surface area contributed by atoms with Gasteiger partial charge in [0.2, 0.25) is 0 Å². The van der Waals surface area contributed by atoms with Gasteiger partial charge in [-0.3, -0.25) is 0 Å². The van der Waals surface area contributed by atoms with Gasteiger partial charge in [0.05, 0.1) is 5.69 Å². The highest BCUT2D eigenvalue weighted by molar-refractivity contribution is 7.13. The van der Waals surface area contributed by atoms with Crippen LogP contribution >= 0.6 is 11.3 Å². The van der Waals surface area contributed by atoms with Gasteiger partial charge < -0.3 is 15.1 Å². The first-order valence-electron chi connectivity index (χ1n) is 9.55. The SMILES string of the molecule is O=C(NCCc1csc(N2CCCC2)n1)N1CC[C@H]2CCCC[C@@H]21. The molecule has 1 aromatic rings. The Balaban J connectivity index is 1.24. The van der Waals surface area contributed by atoms with E-state index in [9.17, 15) is 4.79 Å². The van der Waals surface area contributed by atoms with Crippen LogP contribution in [0.4, 0.5) is 9.93 Å². The van der Waals surface area contributed by atoms with Crippen molar-refractivity contribution in [2.45, 2.75) is 57.4 Å². The Morgan fingerprint density at radius 2 is 2.00 bits per heavy atom. The predicted octanol–water partition coefficient (Wildman–Crippen LogP) is 3.26. The number of urea groups is 1. The van der Waals surface area contributed by atoms with Gasteiger partial charge in [-0.05, 0) is 38.0 Å². The Bertz CT molecular complexity index is 569. The first-order valence-corrected chi connectivity index (χ1v) is 10.4. The molecule has 6 heteroatoms. The molecule has 1 N–H and O–H groups in total. The smallest absolute Gasteiger partial charge is 0.317 e. The van der Waals surface area contributed by atoms with E-state index in [4.69, 9.17) is 4.98 Å². The van der Waals surface area contributed by atoms with Crippen LogP contribution in [-0.4, -0.2) is 48.1 Å². The summed E-state index contributed by atoms with van der Waals surface area (Å²) in [7, 11) is 0. The normalized spacial score (nSPS) is 26.7. The minimum atomic E-state index is 0.138. The maximum absolute atomic E-state index is 12.5. The van der Waals surface area contributed by atoms with Crippen molar-refractivity contribution in [1.29, 1.82) is 0 Å². The average molecular weight is 349 g/mol. The molecule has 2 amide bonds. The molecule has 0 bridgehead atoms. The van der Waals surface area contributed by atoms with Crippen molar-refractivity contribution in [2.75, 3.05) is 31.1 Å². The fourth-order valence-electron chi connectivity index (χ4n) is 4.52. The summed E-state index contributed by atoms with van der Waals surface area (Å²) in [6, 6.07) is 0.638. The quantitative estimate of drug-likeness (QED) is 0.908. The lowest BCUT2D eigenvalue weighted by molar-refractivity contribution is 0.170. The lowest BCUT2D eigenvalue weighted by Gasteiger charge is -2.31. The summed E-state index contributed by atoms with van der Waals surface area (Å²) < 4.78 is 0. The molecule has 1 aromatic heterocycles. The fraction of sp³-hybridized carbons (Fsp3) is 0.778. The number of anilines is 1. The maximum Gasteiger partial charge on any atom is 0.317 e. The minimum Gasteiger partial charge on any atom is -0.348 e. The summed E-state index contributed by atoms with van der Waals surface area (Å²) in [5.74, 6) is 0.756. The summed E-state index contributed by atoms with van der Waals surface area (Å²) in [5.41, 5.74) is 1.11. The van der Waals surface area contributed by atoms with Crippen molar-refractivity contribution in [2.24, 2.45) is 5.92 Å². The van der Waals surface area contributed by atoms with Crippen LogP contribution in [0, 0.1) is 5.92 Å². The second kappa shape index (κ2) is 7.30. The molecule has 4 rings (SSSR count). The molecule has 2 atom stereocenters. The molecule has 132 valence electrons. The minimum absolute atomic E-state index is 0.138. The van der Waals surface area contributed by atoms with E-state index in [2.05, 4.69) is 20.5 Å². The van der Waals surface area contributed by atoms with Crippen LogP contribution in [-0.2, 0) is 6.42 Å². The zero-order chi connectivity index (χ0) is 16.4. The number of fused-ring (bicyclic) bond motifs is 1. The molecule has 3 aliphatic rings. The van der Waals surface area contributed by atoms with Crippen molar-refractivity contribution >= 4 is 22.5 Å². The Labute approximate surface area is 148 Å². The summed E-state index contributed by atoms with van der Waals surface area (Å²) in [5, 5.41) is 6.42. The van der Waals surface area contributed by atoms with E-state index in [0.29, 0.717) is 12.6 Å². The first-order chi connectivity index (χ1) is 11.8. The average Bonchev–Trinajstić information content (AvgIpc) is 3.34. The van der Waals surface area contributed by atoms with E-state index in [1.807, 2.05) is 0 Å². The van der Waals surface area contributed by atoms with Gasteiger partial charge in [0.15, 0.2) is 5.13 Å². The summed E-state index contributed by atoms with van der Waals surface area (Å²) >= 11 is 1.74. The Hall–Kier alpha value is -1.30. The van der Waals surface area contributed by atoms with Crippen LogP contribution in [0.3, 0.4) is 0 Å². The molecule has 1 aliphatic carbocycles. The molecule has 5 nitrogen and oxygen atoms in total. The van der Waals surface area contributed by atoms with E-state index in [0.717, 1.165) is 42.8 Å². The van der Waals surface area contributed by atoms with Crippen molar-refractivity contribution in [3.05, 3.63) is 11.1 Å². The van der Waals surface area contributed by atoms with Gasteiger partial charge in [0, 0.05) is 44.0 Å². The van der Waals surface area contributed by atoms with E-state index in [1.54, 1.807) is 11.3 Å². The topological polar surface area (TPSA) is 48.5 Å². The van der Waals surface area contributed by atoms with Crippen molar-refractivity contribution in [3.8, 4) is 0 Å². The van der Waals surface area contributed by atoms with E-state index in [1.165, 1.54) is 44.9 Å². The third kappa shape index (κ3) is 3.39. The summed E-state index contributed by atoms with van der Waals surface area (Å²) in [6.45, 7) is 3.91. The van der Waals surface area contributed by atoms with Crippen molar-refractivity contribution in [1.82, 2.24) is 15.2 Å². The number of rotatable bonds is 4. The molecule has 2 saturated heterocycles. The zero-order valence-corrected chi connectivity index (χ0v) is 15.2. The molecule has 0 radical (unpaired) electrons. The molecule has 3 heterocycles. The monoisotopic (exact) mass is 348 g/mol. The number of hydrogen-bond donors (Lipinski definition) is 1. The molecule has 0 spiro atoms. The van der Waals surface area contributed by atoms with E-state index in [-0.39, 0.29) is 6.03 Å². The molecule has 24 heavy (non-hydrogen) atoms. The number of amides is 2. The van der Waals surface area contributed by atoms with Gasteiger partial charge in [-0.1, -0.05) is 12.8 Å². The fourth-order valence-corrected chi connectivity index (χ4v) is 5.44. The van der Waals surface area contributed by atoms with E-state index >= 15 is 0 Å². The van der Waals surface area contributed by atoms with Crippen molar-refractivity contribution < 1.29 is 4.79 Å². The molecule has 3 fully saturated rings. The van der Waals surface area contributed by atoms with Gasteiger partial charge in [0.25, 0.3) is 0 Å². The molecule has 0 aromatic carbocycles. The summed E-state index contributed by atoms with van der Waals surface area (Å²) in [6.07, 6.45) is 9.73. The van der Waals surface area contributed by atoms with Crippen LogP contribution in [0.15, 0.2) is 5.38 Å². The van der Waals surface area contributed by atoms with Gasteiger partial charge >= 0.3 is 6.03 Å². The summed E-state index contributed by atoms with van der Waals surface area (Å²) in [4.78, 5) is 21.7. The standard InChI is InChI=1S/C18H28N4OS/c23-17(22-12-8-14-5-1-2-6-16(14)22)19-9-7-15-13-24-18(20-15)21-10-3-4-11-21/h13-14,16H,1-12H2,(H,19,23)/t14-,16+/m1/s1. The Kier molecular flexibility index (Phi) is 4.92. The van der Waals surface area contributed by atoms with Gasteiger partial charge in [-0.2, -0.15) is 0 Å². The number of carbonyl (C=O) groups is 1. The largest absolute Gasteiger partial charge is 0.348 e. The Morgan fingerprint density at radius 1 is 1.17 bits per heavy atom. The van der Waals surface area contributed by atoms with Gasteiger partial charge in [-0.25, -0.2) is 9.78 Å². The highest BCUT2D eigenvalue weighted by Crippen LogP contribution is 2.36. The molecule has 0 unspecified atom stereocenters. The van der Waals surface area contributed by atoms with Gasteiger partial charge in [-0.15, -0.1) is 11.3 Å². The third-order valence-electron chi connectivity index (χ3n) is 5.84. The van der Waals surface area contributed by atoms with Crippen LogP contribution in [0.2, 0.25) is 0 Å². The second-order valence-corrected chi connectivity index (χ2v) is 8.23. The molecule has 1 saturated carbocycles. The van der Waals surface area contributed by atoms with Crippen LogP contribution in [0.1, 0.15) is 50.6 Å². The maximum atomic E-state index is 12.5. The van der Waals surface area contributed by atoms with Crippen LogP contribution < -0.4 is 10.2 Å².